The van der Waals surface area contributed by atoms with Gasteiger partial charge in [-0.15, -0.1) is 0 Å². The summed E-state index contributed by atoms with van der Waals surface area (Å²) < 4.78 is 10.6. The Morgan fingerprint density at radius 1 is 1.19 bits per heavy atom. The van der Waals surface area contributed by atoms with Crippen molar-refractivity contribution in [3.05, 3.63) is 63.2 Å². The van der Waals surface area contributed by atoms with Crippen LogP contribution < -0.4 is 14.8 Å². The smallest absolute Gasteiger partial charge is 0.311 e. The Bertz CT molecular complexity index is 835. The van der Waals surface area contributed by atoms with Crippen molar-refractivity contribution in [3.8, 4) is 11.5 Å². The first-order valence-corrected chi connectivity index (χ1v) is 8.43. The Labute approximate surface area is 151 Å². The minimum Gasteiger partial charge on any atom is -0.492 e. The number of hydrogen-bond donors (Lipinski definition) is 1. The highest BCUT2D eigenvalue weighted by Crippen LogP contribution is 2.27. The third-order valence-corrected chi connectivity index (χ3v) is 4.36. The van der Waals surface area contributed by atoms with Gasteiger partial charge >= 0.3 is 5.69 Å². The van der Waals surface area contributed by atoms with Crippen LogP contribution in [0.2, 0.25) is 0 Å². The lowest BCUT2D eigenvalue weighted by molar-refractivity contribution is -0.385. The molecule has 1 N–H and O–H groups in total. The van der Waals surface area contributed by atoms with Crippen LogP contribution >= 0.6 is 0 Å². The lowest BCUT2D eigenvalue weighted by atomic mass is 10.1. The van der Waals surface area contributed by atoms with Crippen LogP contribution in [-0.2, 0) is 12.8 Å². The predicted octanol–water partition coefficient (Wildman–Crippen LogP) is 2.90. The number of benzene rings is 2. The number of rotatable bonds is 7. The van der Waals surface area contributed by atoms with Crippen molar-refractivity contribution in [2.45, 2.75) is 19.3 Å². The van der Waals surface area contributed by atoms with Crippen LogP contribution in [0.15, 0.2) is 36.4 Å². The quantitative estimate of drug-likeness (QED) is 0.468. The molecule has 26 heavy (non-hydrogen) atoms. The first-order valence-electron chi connectivity index (χ1n) is 8.43. The van der Waals surface area contributed by atoms with Crippen molar-refractivity contribution in [1.29, 1.82) is 0 Å². The molecule has 0 fully saturated rings. The van der Waals surface area contributed by atoms with Gasteiger partial charge in [0.05, 0.1) is 18.6 Å². The average molecular weight is 356 g/mol. The maximum absolute atomic E-state index is 12.2. The number of nitro benzene ring substituents is 1. The number of amides is 1. The number of methoxy groups -OCH3 is 1. The first-order chi connectivity index (χ1) is 12.6. The standard InChI is InChI=1S/C19H20N2O5/c1-25-18-8-6-15(12-17(18)21(23)24)19(22)20-9-10-26-16-7-5-13-3-2-4-14(13)11-16/h5-8,11-12H,2-4,9-10H2,1H3,(H,20,22). The molecule has 0 unspecified atom stereocenters. The summed E-state index contributed by atoms with van der Waals surface area (Å²) in [6.45, 7) is 0.624. The predicted molar refractivity (Wildman–Crippen MR) is 95.9 cm³/mol. The second-order valence-corrected chi connectivity index (χ2v) is 6.03. The molecule has 0 saturated heterocycles. The zero-order valence-electron chi connectivity index (χ0n) is 14.5. The normalized spacial score (nSPS) is 12.3. The monoisotopic (exact) mass is 356 g/mol. The van der Waals surface area contributed by atoms with Crippen LogP contribution in [0.5, 0.6) is 11.5 Å². The molecule has 3 rings (SSSR count). The minimum absolute atomic E-state index is 0.117. The van der Waals surface area contributed by atoms with E-state index < -0.39 is 10.8 Å². The van der Waals surface area contributed by atoms with E-state index in [0.717, 1.165) is 18.6 Å². The zero-order valence-corrected chi connectivity index (χ0v) is 14.5. The molecule has 7 heteroatoms. The summed E-state index contributed by atoms with van der Waals surface area (Å²) in [4.78, 5) is 22.6. The largest absolute Gasteiger partial charge is 0.492 e. The highest BCUT2D eigenvalue weighted by atomic mass is 16.6. The molecule has 136 valence electrons. The first kappa shape index (κ1) is 17.7. The van der Waals surface area contributed by atoms with Gasteiger partial charge in [-0.05, 0) is 54.7 Å². The van der Waals surface area contributed by atoms with E-state index >= 15 is 0 Å². The number of fused-ring (bicyclic) bond motifs is 1. The van der Waals surface area contributed by atoms with E-state index in [4.69, 9.17) is 9.47 Å². The molecule has 0 heterocycles. The second kappa shape index (κ2) is 7.86. The number of carbonyl (C=O) groups is 1. The van der Waals surface area contributed by atoms with Gasteiger partial charge in [0.15, 0.2) is 5.75 Å². The number of nitrogens with one attached hydrogen (secondary N) is 1. The summed E-state index contributed by atoms with van der Waals surface area (Å²) in [7, 11) is 1.35. The molecule has 0 spiro atoms. The number of aryl methyl sites for hydroxylation is 2. The molecule has 0 aromatic heterocycles. The molecular weight excluding hydrogens is 336 g/mol. The number of nitro groups is 1. The molecule has 0 bridgehead atoms. The summed E-state index contributed by atoms with van der Waals surface area (Å²) in [6.07, 6.45) is 3.39. The maximum atomic E-state index is 12.2. The number of carbonyl (C=O) groups excluding carboxylic acids is 1. The van der Waals surface area contributed by atoms with E-state index in [-0.39, 0.29) is 17.0 Å². The Hall–Kier alpha value is -3.09. The Morgan fingerprint density at radius 2 is 2.00 bits per heavy atom. The summed E-state index contributed by atoms with van der Waals surface area (Å²) in [6, 6.07) is 10.2. The van der Waals surface area contributed by atoms with Crippen LogP contribution in [0.3, 0.4) is 0 Å². The summed E-state index contributed by atoms with van der Waals surface area (Å²) >= 11 is 0. The second-order valence-electron chi connectivity index (χ2n) is 6.03. The van der Waals surface area contributed by atoms with Gasteiger partial charge in [-0.2, -0.15) is 0 Å². The van der Waals surface area contributed by atoms with Crippen molar-refractivity contribution in [2.75, 3.05) is 20.3 Å². The maximum Gasteiger partial charge on any atom is 0.311 e. The lowest BCUT2D eigenvalue weighted by Gasteiger charge is -2.10. The topological polar surface area (TPSA) is 90.7 Å². The molecule has 1 aliphatic rings. The molecule has 1 amide bonds. The van der Waals surface area contributed by atoms with E-state index in [9.17, 15) is 14.9 Å². The fraction of sp³-hybridized carbons (Fsp3) is 0.316. The molecule has 0 atom stereocenters. The summed E-state index contributed by atoms with van der Waals surface area (Å²) in [5, 5.41) is 13.7. The number of nitrogens with zero attached hydrogens (tertiary/aromatic N) is 1. The molecule has 0 aliphatic heterocycles. The van der Waals surface area contributed by atoms with Gasteiger partial charge in [-0.25, -0.2) is 0 Å². The third-order valence-electron chi connectivity index (χ3n) is 4.36. The molecule has 0 saturated carbocycles. The fourth-order valence-electron chi connectivity index (χ4n) is 3.05. The minimum atomic E-state index is -0.577. The van der Waals surface area contributed by atoms with Crippen molar-refractivity contribution in [2.24, 2.45) is 0 Å². The van der Waals surface area contributed by atoms with Crippen LogP contribution in [0, 0.1) is 10.1 Å². The van der Waals surface area contributed by atoms with Crippen molar-refractivity contribution in [1.82, 2.24) is 5.32 Å². The van der Waals surface area contributed by atoms with E-state index in [2.05, 4.69) is 17.4 Å². The van der Waals surface area contributed by atoms with Crippen molar-refractivity contribution < 1.29 is 19.2 Å². The molecule has 2 aromatic carbocycles. The van der Waals surface area contributed by atoms with Crippen molar-refractivity contribution >= 4 is 11.6 Å². The van der Waals surface area contributed by atoms with Crippen LogP contribution in [0.4, 0.5) is 5.69 Å². The average Bonchev–Trinajstić information content (AvgIpc) is 3.12. The van der Waals surface area contributed by atoms with E-state index in [1.165, 1.54) is 42.9 Å². The zero-order chi connectivity index (χ0) is 18.5. The Morgan fingerprint density at radius 3 is 2.77 bits per heavy atom. The molecular formula is C19H20N2O5. The van der Waals surface area contributed by atoms with Crippen molar-refractivity contribution in [3.63, 3.8) is 0 Å². The van der Waals surface area contributed by atoms with Gasteiger partial charge in [0.1, 0.15) is 12.4 Å². The van der Waals surface area contributed by atoms with E-state index in [1.54, 1.807) is 0 Å². The van der Waals surface area contributed by atoms with Gasteiger partial charge in [0.25, 0.3) is 5.91 Å². The van der Waals surface area contributed by atoms with Gasteiger partial charge < -0.3 is 14.8 Å². The molecule has 1 aliphatic carbocycles. The van der Waals surface area contributed by atoms with Gasteiger partial charge in [-0.1, -0.05) is 6.07 Å². The third kappa shape index (κ3) is 3.93. The number of hydrogen-bond acceptors (Lipinski definition) is 5. The summed E-state index contributed by atoms with van der Waals surface area (Å²) in [5.74, 6) is 0.514. The SMILES string of the molecule is COc1ccc(C(=O)NCCOc2ccc3c(c2)CCC3)cc1[N+](=O)[O-]. The molecule has 2 aromatic rings. The van der Waals surface area contributed by atoms with E-state index in [1.807, 2.05) is 6.07 Å². The highest BCUT2D eigenvalue weighted by molar-refractivity contribution is 5.95. The van der Waals surface area contributed by atoms with Crippen LogP contribution in [0.25, 0.3) is 0 Å². The van der Waals surface area contributed by atoms with Gasteiger partial charge in [-0.3, -0.25) is 14.9 Å². The van der Waals surface area contributed by atoms with Gasteiger partial charge in [0.2, 0.25) is 0 Å². The molecule has 0 radical (unpaired) electrons. The Balaban J connectivity index is 1.53. The highest BCUT2D eigenvalue weighted by Gasteiger charge is 2.18. The van der Waals surface area contributed by atoms with E-state index in [0.29, 0.717) is 13.2 Å². The summed E-state index contributed by atoms with van der Waals surface area (Å²) in [5.41, 5.74) is 2.67. The van der Waals surface area contributed by atoms with Crippen LogP contribution in [-0.4, -0.2) is 31.1 Å². The Kier molecular flexibility index (Phi) is 5.36. The molecule has 7 nitrogen and oxygen atoms in total. The van der Waals surface area contributed by atoms with Crippen LogP contribution in [0.1, 0.15) is 27.9 Å². The lowest BCUT2D eigenvalue weighted by Crippen LogP contribution is -2.28. The number of ether oxygens (including phenoxy) is 2. The fourth-order valence-corrected chi connectivity index (χ4v) is 3.05. The van der Waals surface area contributed by atoms with Gasteiger partial charge in [0, 0.05) is 11.6 Å².